The number of hydrogen-bond donors (Lipinski definition) is 1. The van der Waals surface area contributed by atoms with Crippen molar-refractivity contribution in [1.82, 2.24) is 10.3 Å². The molecule has 1 atom stereocenters. The van der Waals surface area contributed by atoms with Gasteiger partial charge in [-0.05, 0) is 52.5 Å². The van der Waals surface area contributed by atoms with Crippen molar-refractivity contribution in [3.63, 3.8) is 0 Å². The summed E-state index contributed by atoms with van der Waals surface area (Å²) >= 11 is 9.32. The fourth-order valence-corrected chi connectivity index (χ4v) is 2.79. The van der Waals surface area contributed by atoms with Crippen molar-refractivity contribution in [2.24, 2.45) is 5.92 Å². The molecular weight excluding hydrogens is 420 g/mol. The Kier molecular flexibility index (Phi) is 7.29. The highest BCUT2D eigenvalue weighted by Gasteiger charge is 2.17. The molecule has 0 aliphatic heterocycles. The molecule has 0 radical (unpaired) electrons. The number of methoxy groups -OCH3 is 1. The minimum Gasteiger partial charge on any atom is -0.493 e. The van der Waals surface area contributed by atoms with Crippen LogP contribution in [-0.2, 0) is 0 Å². The summed E-state index contributed by atoms with van der Waals surface area (Å²) in [5, 5.41) is 3.08. The summed E-state index contributed by atoms with van der Waals surface area (Å²) in [6, 6.07) is 7.02. The van der Waals surface area contributed by atoms with Gasteiger partial charge in [0.25, 0.3) is 5.91 Å². The smallest absolute Gasteiger partial charge is 0.254 e. The molecule has 0 saturated carbocycles. The molecule has 140 valence electrons. The highest BCUT2D eigenvalue weighted by atomic mass is 79.9. The average molecular weight is 442 g/mol. The third-order valence-electron chi connectivity index (χ3n) is 3.66. The minimum atomic E-state index is -0.296. The van der Waals surface area contributed by atoms with Gasteiger partial charge in [0, 0.05) is 10.7 Å². The normalized spacial score (nSPS) is 12.0. The maximum Gasteiger partial charge on any atom is 0.254 e. The SMILES string of the molecule is COc1cc([C@H](C)NC(=O)c2cc(Br)cnc2Cl)ccc1OCC(C)C. The molecule has 1 amide bonds. The molecule has 7 heteroatoms. The molecule has 26 heavy (non-hydrogen) atoms. The first-order valence-corrected chi connectivity index (χ1v) is 9.41. The standard InChI is InChI=1S/C19H22BrClN2O3/c1-11(2)10-26-16-6-5-13(7-17(16)25-4)12(3)23-19(24)15-8-14(20)9-22-18(15)21/h5-9,11-12H,10H2,1-4H3,(H,23,24)/t12-/m0/s1. The van der Waals surface area contributed by atoms with Gasteiger partial charge < -0.3 is 14.8 Å². The second-order valence-electron chi connectivity index (χ2n) is 6.30. The summed E-state index contributed by atoms with van der Waals surface area (Å²) < 4.78 is 11.9. The zero-order valence-electron chi connectivity index (χ0n) is 15.2. The molecule has 0 aliphatic rings. The van der Waals surface area contributed by atoms with Crippen LogP contribution in [0.2, 0.25) is 5.15 Å². The Morgan fingerprint density at radius 2 is 2.00 bits per heavy atom. The number of aromatic nitrogens is 1. The predicted molar refractivity (Wildman–Crippen MR) is 106 cm³/mol. The van der Waals surface area contributed by atoms with Gasteiger partial charge in [-0.2, -0.15) is 0 Å². The van der Waals surface area contributed by atoms with E-state index in [1.165, 1.54) is 0 Å². The van der Waals surface area contributed by atoms with Crippen LogP contribution in [0.5, 0.6) is 11.5 Å². The average Bonchev–Trinajstić information content (AvgIpc) is 2.61. The number of rotatable bonds is 7. The Morgan fingerprint density at radius 1 is 1.27 bits per heavy atom. The summed E-state index contributed by atoms with van der Waals surface area (Å²) in [5.41, 5.74) is 1.21. The van der Waals surface area contributed by atoms with Gasteiger partial charge in [-0.3, -0.25) is 4.79 Å². The molecule has 0 saturated heterocycles. The predicted octanol–water partition coefficient (Wildman–Crippen LogP) is 5.03. The lowest BCUT2D eigenvalue weighted by Gasteiger charge is -2.18. The summed E-state index contributed by atoms with van der Waals surface area (Å²) in [5.74, 6) is 1.44. The van der Waals surface area contributed by atoms with Crippen LogP contribution in [0.25, 0.3) is 0 Å². The Morgan fingerprint density at radius 3 is 2.65 bits per heavy atom. The molecule has 0 spiro atoms. The number of nitrogens with one attached hydrogen (secondary N) is 1. The van der Waals surface area contributed by atoms with Gasteiger partial charge in [0.2, 0.25) is 0 Å². The first-order chi connectivity index (χ1) is 12.3. The maximum absolute atomic E-state index is 12.5. The lowest BCUT2D eigenvalue weighted by Crippen LogP contribution is -2.27. The first-order valence-electron chi connectivity index (χ1n) is 8.24. The number of nitrogens with zero attached hydrogens (tertiary/aromatic N) is 1. The molecule has 0 fully saturated rings. The van der Waals surface area contributed by atoms with Crippen LogP contribution in [-0.4, -0.2) is 24.6 Å². The van der Waals surface area contributed by atoms with Crippen LogP contribution >= 0.6 is 27.5 Å². The van der Waals surface area contributed by atoms with E-state index < -0.39 is 0 Å². The van der Waals surface area contributed by atoms with Gasteiger partial charge in [0.15, 0.2) is 11.5 Å². The van der Waals surface area contributed by atoms with Crippen LogP contribution in [0.15, 0.2) is 34.9 Å². The zero-order chi connectivity index (χ0) is 19.3. The fourth-order valence-electron chi connectivity index (χ4n) is 2.27. The largest absolute Gasteiger partial charge is 0.493 e. The quantitative estimate of drug-likeness (QED) is 0.612. The van der Waals surface area contributed by atoms with Crippen molar-refractivity contribution < 1.29 is 14.3 Å². The highest BCUT2D eigenvalue weighted by Crippen LogP contribution is 2.31. The van der Waals surface area contributed by atoms with E-state index in [1.807, 2.05) is 25.1 Å². The molecule has 0 unspecified atom stereocenters. The van der Waals surface area contributed by atoms with Crippen LogP contribution in [0, 0.1) is 5.92 Å². The van der Waals surface area contributed by atoms with Crippen molar-refractivity contribution in [1.29, 1.82) is 0 Å². The molecular formula is C19H22BrClN2O3. The molecule has 2 aromatic rings. The molecule has 0 bridgehead atoms. The molecule has 1 aromatic heterocycles. The first kappa shape index (κ1) is 20.5. The van der Waals surface area contributed by atoms with Crippen LogP contribution in [0.3, 0.4) is 0 Å². The number of hydrogen-bond acceptors (Lipinski definition) is 4. The third-order valence-corrected chi connectivity index (χ3v) is 4.39. The van der Waals surface area contributed by atoms with E-state index in [4.69, 9.17) is 21.1 Å². The minimum absolute atomic E-state index is 0.160. The molecule has 1 N–H and O–H groups in total. The van der Waals surface area contributed by atoms with E-state index >= 15 is 0 Å². The van der Waals surface area contributed by atoms with E-state index in [9.17, 15) is 4.79 Å². The number of carbonyl (C=O) groups is 1. The summed E-state index contributed by atoms with van der Waals surface area (Å²) in [7, 11) is 1.59. The molecule has 1 heterocycles. The summed E-state index contributed by atoms with van der Waals surface area (Å²) in [6.45, 7) is 6.66. The fraction of sp³-hybridized carbons (Fsp3) is 0.368. The van der Waals surface area contributed by atoms with Gasteiger partial charge in [0.05, 0.1) is 25.3 Å². The number of amides is 1. The van der Waals surface area contributed by atoms with Crippen molar-refractivity contribution in [3.05, 3.63) is 51.2 Å². The second kappa shape index (κ2) is 9.24. The van der Waals surface area contributed by atoms with E-state index in [1.54, 1.807) is 19.4 Å². The molecule has 0 aliphatic carbocycles. The number of benzene rings is 1. The zero-order valence-corrected chi connectivity index (χ0v) is 17.5. The van der Waals surface area contributed by atoms with Crippen LogP contribution < -0.4 is 14.8 Å². The van der Waals surface area contributed by atoms with Gasteiger partial charge >= 0.3 is 0 Å². The Balaban J connectivity index is 2.14. The summed E-state index contributed by atoms with van der Waals surface area (Å²) in [4.78, 5) is 16.5. The summed E-state index contributed by atoms with van der Waals surface area (Å²) in [6.07, 6.45) is 1.54. The number of halogens is 2. The lowest BCUT2D eigenvalue weighted by molar-refractivity contribution is 0.0939. The number of carbonyl (C=O) groups excluding carboxylic acids is 1. The molecule has 5 nitrogen and oxygen atoms in total. The Labute approximate surface area is 167 Å². The van der Waals surface area contributed by atoms with Crippen molar-refractivity contribution in [3.8, 4) is 11.5 Å². The monoisotopic (exact) mass is 440 g/mol. The lowest BCUT2D eigenvalue weighted by atomic mass is 10.1. The highest BCUT2D eigenvalue weighted by molar-refractivity contribution is 9.10. The van der Waals surface area contributed by atoms with Crippen molar-refractivity contribution in [2.45, 2.75) is 26.8 Å². The van der Waals surface area contributed by atoms with E-state index in [2.05, 4.69) is 40.1 Å². The topological polar surface area (TPSA) is 60.5 Å². The van der Waals surface area contributed by atoms with Crippen molar-refractivity contribution >= 4 is 33.4 Å². The van der Waals surface area contributed by atoms with Gasteiger partial charge in [-0.15, -0.1) is 0 Å². The molecule has 2 rings (SSSR count). The maximum atomic E-state index is 12.5. The van der Waals surface area contributed by atoms with Crippen LogP contribution in [0.1, 0.15) is 42.7 Å². The van der Waals surface area contributed by atoms with Crippen LogP contribution in [0.4, 0.5) is 0 Å². The number of pyridine rings is 1. The molecule has 1 aromatic carbocycles. The van der Waals surface area contributed by atoms with E-state index in [-0.39, 0.29) is 17.1 Å². The van der Waals surface area contributed by atoms with E-state index in [0.29, 0.717) is 34.1 Å². The second-order valence-corrected chi connectivity index (χ2v) is 7.58. The van der Waals surface area contributed by atoms with Gasteiger partial charge in [0.1, 0.15) is 5.15 Å². The number of ether oxygens (including phenoxy) is 2. The van der Waals surface area contributed by atoms with Crippen molar-refractivity contribution in [2.75, 3.05) is 13.7 Å². The van der Waals surface area contributed by atoms with Gasteiger partial charge in [-0.25, -0.2) is 4.98 Å². The Bertz CT molecular complexity index is 783. The van der Waals surface area contributed by atoms with Gasteiger partial charge in [-0.1, -0.05) is 31.5 Å². The third kappa shape index (κ3) is 5.35. The van der Waals surface area contributed by atoms with E-state index in [0.717, 1.165) is 5.56 Å². The Hall–Kier alpha value is -1.79.